The molecule has 0 saturated heterocycles. The van der Waals surface area contributed by atoms with E-state index in [2.05, 4.69) is 53.6 Å². The first-order valence-corrected chi connectivity index (χ1v) is 12.5. The topological polar surface area (TPSA) is 62.8 Å². The Bertz CT molecular complexity index is 1210. The second kappa shape index (κ2) is 11.8. The Morgan fingerprint density at radius 2 is 1.53 bits per heavy atom. The van der Waals surface area contributed by atoms with Crippen molar-refractivity contribution in [1.29, 1.82) is 0 Å². The average molecular weight is 486 g/mol. The van der Waals surface area contributed by atoms with Crippen LogP contribution in [0.3, 0.4) is 0 Å². The van der Waals surface area contributed by atoms with Crippen molar-refractivity contribution in [3.05, 3.63) is 83.4 Å². The smallest absolute Gasteiger partial charge is 0.258 e. The summed E-state index contributed by atoms with van der Waals surface area (Å²) >= 11 is 0. The van der Waals surface area contributed by atoms with Crippen LogP contribution in [-0.4, -0.2) is 38.1 Å². The average Bonchev–Trinajstić information content (AvgIpc) is 3.22. The molecular formula is C30H35N3O3. The normalized spacial score (nSPS) is 13.9. The van der Waals surface area contributed by atoms with Gasteiger partial charge in [0.25, 0.3) is 5.91 Å². The predicted octanol–water partition coefficient (Wildman–Crippen LogP) is 6.26. The molecule has 0 atom stereocenters. The van der Waals surface area contributed by atoms with Crippen molar-refractivity contribution >= 4 is 28.6 Å². The molecule has 1 amide bonds. The number of carbonyl (C=O) groups excluding carboxylic acids is 1. The quantitative estimate of drug-likeness (QED) is 0.314. The minimum absolute atomic E-state index is 0.168. The molecular weight excluding hydrogens is 450 g/mol. The first kappa shape index (κ1) is 25.3. The number of nitrogens with zero attached hydrogens (tertiary/aromatic N) is 1. The summed E-state index contributed by atoms with van der Waals surface area (Å²) in [5.41, 5.74) is 5.90. The van der Waals surface area contributed by atoms with Gasteiger partial charge in [-0.3, -0.25) is 9.69 Å². The molecule has 0 bridgehead atoms. The highest BCUT2D eigenvalue weighted by Gasteiger charge is 2.30. The molecule has 0 aliphatic carbocycles. The second-order valence-electron chi connectivity index (χ2n) is 8.92. The number of fused-ring (bicyclic) bond motifs is 1. The number of hydrogen-bond acceptors (Lipinski definition) is 5. The van der Waals surface area contributed by atoms with E-state index in [1.54, 1.807) is 20.3 Å². The maximum Gasteiger partial charge on any atom is 0.258 e. The summed E-state index contributed by atoms with van der Waals surface area (Å²) < 4.78 is 10.9. The molecule has 3 aromatic rings. The minimum Gasteiger partial charge on any atom is -0.493 e. The summed E-state index contributed by atoms with van der Waals surface area (Å²) in [5.74, 6) is 0.978. The van der Waals surface area contributed by atoms with Gasteiger partial charge in [-0.05, 0) is 55.3 Å². The van der Waals surface area contributed by atoms with Gasteiger partial charge in [0.05, 0.1) is 31.2 Å². The van der Waals surface area contributed by atoms with E-state index in [0.29, 0.717) is 22.8 Å². The lowest BCUT2D eigenvalue weighted by Crippen LogP contribution is -2.24. The number of benzene rings is 3. The lowest BCUT2D eigenvalue weighted by molar-refractivity contribution is -0.110. The summed E-state index contributed by atoms with van der Waals surface area (Å²) in [5, 5.41) is 6.52. The first-order chi connectivity index (χ1) is 17.6. The van der Waals surface area contributed by atoms with E-state index < -0.39 is 0 Å². The van der Waals surface area contributed by atoms with Crippen LogP contribution < -0.4 is 20.1 Å². The van der Waals surface area contributed by atoms with Crippen LogP contribution in [0.4, 0.5) is 11.4 Å². The molecule has 0 unspecified atom stereocenters. The van der Waals surface area contributed by atoms with E-state index >= 15 is 0 Å². The van der Waals surface area contributed by atoms with E-state index in [1.165, 1.54) is 5.56 Å². The third kappa shape index (κ3) is 5.55. The molecule has 1 heterocycles. The van der Waals surface area contributed by atoms with Crippen molar-refractivity contribution in [2.75, 3.05) is 37.9 Å². The van der Waals surface area contributed by atoms with E-state index in [9.17, 15) is 4.79 Å². The van der Waals surface area contributed by atoms with Gasteiger partial charge in [-0.15, -0.1) is 0 Å². The molecule has 0 fully saturated rings. The zero-order chi connectivity index (χ0) is 25.5. The zero-order valence-electron chi connectivity index (χ0n) is 21.6. The lowest BCUT2D eigenvalue weighted by atomic mass is 9.99. The number of ether oxygens (including phenoxy) is 2. The first-order valence-electron chi connectivity index (χ1n) is 12.5. The number of rotatable bonds is 11. The Labute approximate surface area is 213 Å². The van der Waals surface area contributed by atoms with Crippen LogP contribution in [0.5, 0.6) is 11.5 Å². The molecule has 0 radical (unpaired) electrons. The van der Waals surface area contributed by atoms with Crippen LogP contribution in [0.15, 0.2) is 66.7 Å². The number of anilines is 2. The van der Waals surface area contributed by atoms with Crippen molar-refractivity contribution in [3.8, 4) is 11.5 Å². The van der Waals surface area contributed by atoms with Crippen molar-refractivity contribution < 1.29 is 14.3 Å². The largest absolute Gasteiger partial charge is 0.493 e. The Morgan fingerprint density at radius 3 is 2.14 bits per heavy atom. The van der Waals surface area contributed by atoms with Gasteiger partial charge < -0.3 is 20.1 Å². The monoisotopic (exact) mass is 485 g/mol. The van der Waals surface area contributed by atoms with Crippen molar-refractivity contribution in [1.82, 2.24) is 4.90 Å². The SMILES string of the molecule is CCCN(CCC)Cc1ccc(N/C(=C2\C(=O)Nc3cc(OC)c(OC)cc32)c2ccccc2)cc1. The highest BCUT2D eigenvalue weighted by molar-refractivity contribution is 6.37. The summed E-state index contributed by atoms with van der Waals surface area (Å²) in [6.45, 7) is 7.57. The van der Waals surface area contributed by atoms with E-state index in [-0.39, 0.29) is 5.91 Å². The van der Waals surface area contributed by atoms with E-state index in [4.69, 9.17) is 9.47 Å². The number of nitrogens with one attached hydrogen (secondary N) is 2. The van der Waals surface area contributed by atoms with Gasteiger partial charge in [0.1, 0.15) is 0 Å². The highest BCUT2D eigenvalue weighted by Crippen LogP contribution is 2.43. The van der Waals surface area contributed by atoms with E-state index in [0.717, 1.165) is 55.0 Å². The minimum atomic E-state index is -0.168. The Hall–Kier alpha value is -3.77. The molecule has 6 nitrogen and oxygen atoms in total. The van der Waals surface area contributed by atoms with Gasteiger partial charge in [0.15, 0.2) is 11.5 Å². The van der Waals surface area contributed by atoms with Gasteiger partial charge in [-0.25, -0.2) is 0 Å². The van der Waals surface area contributed by atoms with Gasteiger partial charge >= 0.3 is 0 Å². The number of amides is 1. The fourth-order valence-electron chi connectivity index (χ4n) is 4.63. The van der Waals surface area contributed by atoms with E-state index in [1.807, 2.05) is 36.4 Å². The van der Waals surface area contributed by atoms with Gasteiger partial charge in [-0.1, -0.05) is 56.3 Å². The third-order valence-electron chi connectivity index (χ3n) is 6.29. The van der Waals surface area contributed by atoms with Crippen molar-refractivity contribution in [3.63, 3.8) is 0 Å². The number of carbonyl (C=O) groups is 1. The molecule has 0 saturated carbocycles. The van der Waals surface area contributed by atoms with Crippen LogP contribution >= 0.6 is 0 Å². The molecule has 4 rings (SSSR count). The fraction of sp³-hybridized carbons (Fsp3) is 0.300. The van der Waals surface area contributed by atoms with Gasteiger partial charge in [-0.2, -0.15) is 0 Å². The van der Waals surface area contributed by atoms with Crippen molar-refractivity contribution in [2.24, 2.45) is 0 Å². The van der Waals surface area contributed by atoms with Crippen LogP contribution in [0.1, 0.15) is 43.4 Å². The maximum atomic E-state index is 13.2. The summed E-state index contributed by atoms with van der Waals surface area (Å²) in [6, 6.07) is 22.0. The number of methoxy groups -OCH3 is 2. The molecule has 2 N–H and O–H groups in total. The fourth-order valence-corrected chi connectivity index (χ4v) is 4.63. The summed E-state index contributed by atoms with van der Waals surface area (Å²) in [7, 11) is 3.18. The maximum absolute atomic E-state index is 13.2. The van der Waals surface area contributed by atoms with Crippen LogP contribution in [0.25, 0.3) is 11.3 Å². The van der Waals surface area contributed by atoms with Gasteiger partial charge in [0, 0.05) is 23.9 Å². The van der Waals surface area contributed by atoms with Crippen LogP contribution in [-0.2, 0) is 11.3 Å². The zero-order valence-corrected chi connectivity index (χ0v) is 21.6. The lowest BCUT2D eigenvalue weighted by Gasteiger charge is -2.21. The molecule has 1 aliphatic rings. The van der Waals surface area contributed by atoms with Crippen molar-refractivity contribution in [2.45, 2.75) is 33.2 Å². The number of hydrogen-bond donors (Lipinski definition) is 2. The molecule has 6 heteroatoms. The molecule has 0 spiro atoms. The Kier molecular flexibility index (Phi) is 8.28. The summed E-state index contributed by atoms with van der Waals surface area (Å²) in [4.78, 5) is 15.7. The predicted molar refractivity (Wildman–Crippen MR) is 147 cm³/mol. The Morgan fingerprint density at radius 1 is 0.889 bits per heavy atom. The van der Waals surface area contributed by atoms with Gasteiger partial charge in [0.2, 0.25) is 0 Å². The Balaban J connectivity index is 1.71. The van der Waals surface area contributed by atoms with Crippen LogP contribution in [0.2, 0.25) is 0 Å². The standard InChI is InChI=1S/C30H35N3O3/c1-5-16-33(17-6-2)20-21-12-14-23(15-13-21)31-29(22-10-8-7-9-11-22)28-24-18-26(35-3)27(36-4)19-25(24)32-30(28)34/h7-15,18-19,31H,5-6,16-17,20H2,1-4H3,(H,32,34)/b29-28-. The molecule has 36 heavy (non-hydrogen) atoms. The van der Waals surface area contributed by atoms with Crippen LogP contribution in [0, 0.1) is 0 Å². The molecule has 1 aliphatic heterocycles. The third-order valence-corrected chi connectivity index (χ3v) is 6.29. The summed E-state index contributed by atoms with van der Waals surface area (Å²) in [6.07, 6.45) is 2.29. The second-order valence-corrected chi connectivity index (χ2v) is 8.92. The highest BCUT2D eigenvalue weighted by atomic mass is 16.5. The molecule has 3 aromatic carbocycles. The molecule has 188 valence electrons. The molecule has 0 aromatic heterocycles.